The summed E-state index contributed by atoms with van der Waals surface area (Å²) in [6.45, 7) is 0.384. The number of nitrogens with zero attached hydrogens (tertiary/aromatic N) is 2. The van der Waals surface area contributed by atoms with Crippen LogP contribution in [0.25, 0.3) is 0 Å². The highest BCUT2D eigenvalue weighted by Gasteiger charge is 2.15. The topological polar surface area (TPSA) is 113 Å². The van der Waals surface area contributed by atoms with Gasteiger partial charge in [0, 0.05) is 10.1 Å². The van der Waals surface area contributed by atoms with E-state index in [2.05, 4.69) is 15.8 Å². The summed E-state index contributed by atoms with van der Waals surface area (Å²) in [5.74, 6) is -1.05. The maximum Gasteiger partial charge on any atom is 0.278 e. The van der Waals surface area contributed by atoms with E-state index in [1.165, 1.54) is 24.3 Å². The summed E-state index contributed by atoms with van der Waals surface area (Å²) >= 11 is 1.98. The SMILES string of the molecule is N#Cc1ccc(C(=O)NOCCN)c(Nc2ccc(I)cc2F)n1. The number of aromatic nitrogens is 1. The Morgan fingerprint density at radius 1 is 1.42 bits per heavy atom. The van der Waals surface area contributed by atoms with Crippen LogP contribution in [0.15, 0.2) is 30.3 Å². The summed E-state index contributed by atoms with van der Waals surface area (Å²) in [4.78, 5) is 21.0. The number of halogens is 2. The van der Waals surface area contributed by atoms with Gasteiger partial charge in [-0.2, -0.15) is 5.26 Å². The van der Waals surface area contributed by atoms with Crippen LogP contribution in [0.5, 0.6) is 0 Å². The lowest BCUT2D eigenvalue weighted by atomic mass is 10.2. The zero-order valence-electron chi connectivity index (χ0n) is 12.3. The van der Waals surface area contributed by atoms with Gasteiger partial charge in [0.15, 0.2) is 0 Å². The molecule has 0 aliphatic rings. The summed E-state index contributed by atoms with van der Waals surface area (Å²) in [6, 6.07) is 9.21. The molecule has 24 heavy (non-hydrogen) atoms. The van der Waals surface area contributed by atoms with Crippen molar-refractivity contribution < 1.29 is 14.0 Å². The van der Waals surface area contributed by atoms with E-state index in [-0.39, 0.29) is 35.9 Å². The van der Waals surface area contributed by atoms with Gasteiger partial charge in [-0.15, -0.1) is 0 Å². The second-order valence-electron chi connectivity index (χ2n) is 4.52. The predicted molar refractivity (Wildman–Crippen MR) is 93.8 cm³/mol. The quantitative estimate of drug-likeness (QED) is 0.360. The van der Waals surface area contributed by atoms with E-state index in [0.717, 1.165) is 3.57 Å². The number of nitrogens with two attached hydrogens (primary N) is 1. The lowest BCUT2D eigenvalue weighted by Crippen LogP contribution is -2.27. The molecule has 0 unspecified atom stereocenters. The van der Waals surface area contributed by atoms with Gasteiger partial charge in [0.25, 0.3) is 5.91 Å². The number of amides is 1. The highest BCUT2D eigenvalue weighted by Crippen LogP contribution is 2.23. The van der Waals surface area contributed by atoms with Crippen molar-refractivity contribution in [2.45, 2.75) is 0 Å². The Kier molecular flexibility index (Phi) is 6.42. The van der Waals surface area contributed by atoms with Gasteiger partial charge in [-0.3, -0.25) is 9.63 Å². The number of hydrogen-bond donors (Lipinski definition) is 3. The van der Waals surface area contributed by atoms with Crippen LogP contribution in [0.4, 0.5) is 15.9 Å². The summed E-state index contributed by atoms with van der Waals surface area (Å²) in [5, 5.41) is 11.7. The molecule has 0 saturated carbocycles. The predicted octanol–water partition coefficient (Wildman–Crippen LogP) is 2.06. The van der Waals surface area contributed by atoms with Crippen LogP contribution in [0.3, 0.4) is 0 Å². The van der Waals surface area contributed by atoms with Gasteiger partial charge >= 0.3 is 0 Å². The standard InChI is InChI=1S/C15H13FIN5O2/c16-12-7-9(17)1-4-13(12)21-14-11(3-2-10(8-19)20-14)15(23)22-24-6-5-18/h1-4,7H,5-6,18H2,(H,20,21)(H,22,23). The van der Waals surface area contributed by atoms with E-state index in [9.17, 15) is 9.18 Å². The first-order chi connectivity index (χ1) is 11.5. The molecule has 1 aromatic carbocycles. The van der Waals surface area contributed by atoms with Crippen LogP contribution < -0.4 is 16.5 Å². The van der Waals surface area contributed by atoms with Crippen molar-refractivity contribution in [3.05, 3.63) is 51.0 Å². The largest absolute Gasteiger partial charge is 0.337 e. The number of nitriles is 1. The van der Waals surface area contributed by atoms with Crippen molar-refractivity contribution in [2.75, 3.05) is 18.5 Å². The van der Waals surface area contributed by atoms with Crippen molar-refractivity contribution in [2.24, 2.45) is 5.73 Å². The van der Waals surface area contributed by atoms with Gasteiger partial charge in [0.1, 0.15) is 23.4 Å². The van der Waals surface area contributed by atoms with Gasteiger partial charge < -0.3 is 11.1 Å². The second kappa shape index (κ2) is 8.53. The minimum absolute atomic E-state index is 0.0445. The number of benzene rings is 1. The molecule has 2 aromatic rings. The maximum absolute atomic E-state index is 14.0. The zero-order valence-corrected chi connectivity index (χ0v) is 14.5. The molecule has 1 amide bonds. The molecule has 0 radical (unpaired) electrons. The van der Waals surface area contributed by atoms with E-state index in [0.29, 0.717) is 0 Å². The molecule has 0 aliphatic carbocycles. The second-order valence-corrected chi connectivity index (χ2v) is 5.77. The third-order valence-electron chi connectivity index (χ3n) is 2.82. The molecule has 1 heterocycles. The minimum Gasteiger partial charge on any atom is -0.337 e. The smallest absolute Gasteiger partial charge is 0.278 e. The number of hydrogen-bond acceptors (Lipinski definition) is 6. The van der Waals surface area contributed by atoms with Gasteiger partial charge in [-0.05, 0) is 52.9 Å². The van der Waals surface area contributed by atoms with E-state index < -0.39 is 11.7 Å². The Bertz CT molecular complexity index is 794. The molecule has 1 aromatic heterocycles. The Labute approximate surface area is 151 Å². The van der Waals surface area contributed by atoms with E-state index in [1.54, 1.807) is 6.07 Å². The summed E-state index contributed by atoms with van der Waals surface area (Å²) in [5.41, 5.74) is 7.80. The molecule has 0 aliphatic heterocycles. The number of hydroxylamine groups is 1. The molecule has 0 spiro atoms. The number of carbonyl (C=O) groups is 1. The van der Waals surface area contributed by atoms with Gasteiger partial charge in [-0.25, -0.2) is 14.9 Å². The monoisotopic (exact) mass is 441 g/mol. The third-order valence-corrected chi connectivity index (χ3v) is 3.49. The lowest BCUT2D eigenvalue weighted by Gasteiger charge is -2.12. The van der Waals surface area contributed by atoms with Crippen molar-refractivity contribution in [1.29, 1.82) is 5.26 Å². The van der Waals surface area contributed by atoms with Gasteiger partial charge in [0.2, 0.25) is 0 Å². The van der Waals surface area contributed by atoms with Crippen LogP contribution in [0.1, 0.15) is 16.1 Å². The van der Waals surface area contributed by atoms with Crippen molar-refractivity contribution >= 4 is 40.0 Å². The molecule has 0 fully saturated rings. The highest BCUT2D eigenvalue weighted by atomic mass is 127. The number of anilines is 2. The Morgan fingerprint density at radius 2 is 2.21 bits per heavy atom. The Balaban J connectivity index is 2.32. The van der Waals surface area contributed by atoms with Gasteiger partial charge in [0.05, 0.1) is 17.9 Å². The minimum atomic E-state index is -0.589. The molecular formula is C15H13FIN5O2. The molecular weight excluding hydrogens is 428 g/mol. The molecule has 0 saturated heterocycles. The highest BCUT2D eigenvalue weighted by molar-refractivity contribution is 14.1. The number of nitrogens with one attached hydrogen (secondary N) is 2. The van der Waals surface area contributed by atoms with E-state index >= 15 is 0 Å². The normalized spacial score (nSPS) is 10.1. The van der Waals surface area contributed by atoms with E-state index in [1.807, 2.05) is 28.7 Å². The van der Waals surface area contributed by atoms with Crippen LogP contribution in [-0.2, 0) is 4.84 Å². The average molecular weight is 441 g/mol. The van der Waals surface area contributed by atoms with Crippen molar-refractivity contribution in [3.63, 3.8) is 0 Å². The van der Waals surface area contributed by atoms with Crippen molar-refractivity contribution in [3.8, 4) is 6.07 Å². The fraction of sp³-hybridized carbons (Fsp3) is 0.133. The van der Waals surface area contributed by atoms with Crippen LogP contribution in [-0.4, -0.2) is 24.0 Å². The molecule has 0 bridgehead atoms. The average Bonchev–Trinajstić information content (AvgIpc) is 2.57. The summed E-state index contributed by atoms with van der Waals surface area (Å²) in [6.07, 6.45) is 0. The Morgan fingerprint density at radius 3 is 2.88 bits per heavy atom. The molecule has 9 heteroatoms. The summed E-state index contributed by atoms with van der Waals surface area (Å²) < 4.78 is 14.7. The third kappa shape index (κ3) is 4.60. The fourth-order valence-electron chi connectivity index (χ4n) is 1.75. The maximum atomic E-state index is 14.0. The first-order valence-electron chi connectivity index (χ1n) is 6.80. The molecule has 7 nitrogen and oxygen atoms in total. The lowest BCUT2D eigenvalue weighted by molar-refractivity contribution is 0.0344. The zero-order chi connectivity index (χ0) is 17.5. The van der Waals surface area contributed by atoms with Crippen LogP contribution in [0, 0.1) is 20.7 Å². The van der Waals surface area contributed by atoms with E-state index in [4.69, 9.17) is 15.8 Å². The van der Waals surface area contributed by atoms with Gasteiger partial charge in [-0.1, -0.05) is 0 Å². The first-order valence-corrected chi connectivity index (χ1v) is 7.88. The molecule has 124 valence electrons. The van der Waals surface area contributed by atoms with Crippen molar-refractivity contribution in [1.82, 2.24) is 10.5 Å². The number of rotatable bonds is 6. The number of pyridine rings is 1. The summed E-state index contributed by atoms with van der Waals surface area (Å²) in [7, 11) is 0. The molecule has 4 N–H and O–H groups in total. The fourth-order valence-corrected chi connectivity index (χ4v) is 2.20. The molecule has 2 rings (SSSR count). The molecule has 0 atom stereocenters. The first kappa shape index (κ1) is 18.1. The van der Waals surface area contributed by atoms with Crippen LogP contribution in [0.2, 0.25) is 0 Å². The number of carbonyl (C=O) groups excluding carboxylic acids is 1. The Hall–Kier alpha value is -2.29. The van der Waals surface area contributed by atoms with Crippen LogP contribution >= 0.6 is 22.6 Å².